The van der Waals surface area contributed by atoms with Crippen molar-refractivity contribution >= 4 is 6.09 Å². The van der Waals surface area contributed by atoms with Crippen LogP contribution in [0.1, 0.15) is 124 Å². The van der Waals surface area contributed by atoms with Crippen LogP contribution in [0.3, 0.4) is 0 Å². The van der Waals surface area contributed by atoms with E-state index in [9.17, 15) is 15.0 Å². The normalized spacial score (nSPS) is 44.7. The van der Waals surface area contributed by atoms with Crippen molar-refractivity contribution in [3.63, 3.8) is 0 Å². The molecule has 6 heteroatoms. The van der Waals surface area contributed by atoms with Crippen molar-refractivity contribution in [1.82, 2.24) is 9.80 Å². The van der Waals surface area contributed by atoms with Crippen LogP contribution in [0.2, 0.25) is 0 Å². The van der Waals surface area contributed by atoms with E-state index < -0.39 is 0 Å². The molecule has 1 amide bonds. The maximum Gasteiger partial charge on any atom is 0.409 e. The van der Waals surface area contributed by atoms with Crippen LogP contribution >= 0.6 is 0 Å². The zero-order valence-corrected chi connectivity index (χ0v) is 28.0. The minimum atomic E-state index is -0.221. The Hall–Kier alpha value is -0.850. The molecule has 11 atom stereocenters. The lowest BCUT2D eigenvalue weighted by atomic mass is 9.41. The molecule has 0 aromatic heterocycles. The standard InChI is InChI=1S/C37H64N2O4/c1-5-28-32-24-27(40)13-17-37(32,4)31-14-18-36(3)29(11-12-30(36)33(31)34(28)41)25(2)10-9-23-43-35(42)39-21-15-26(16-22-39)38-19-7-6-8-20-38/h25-34,40-41H,5-24H2,1-4H3/t25-,27-,28-,29-,30+,31+,32+,33+,34-,36-,37?/m1/s1. The molecule has 0 aromatic rings. The molecule has 1 unspecified atom stereocenters. The van der Waals surface area contributed by atoms with Gasteiger partial charge in [0.1, 0.15) is 0 Å². The predicted molar refractivity (Wildman–Crippen MR) is 172 cm³/mol. The van der Waals surface area contributed by atoms with E-state index in [1.807, 2.05) is 4.90 Å². The van der Waals surface area contributed by atoms with Gasteiger partial charge in [0.25, 0.3) is 0 Å². The zero-order valence-electron chi connectivity index (χ0n) is 28.0. The van der Waals surface area contributed by atoms with Gasteiger partial charge in [0.15, 0.2) is 0 Å². The summed E-state index contributed by atoms with van der Waals surface area (Å²) in [6.07, 6.45) is 16.8. The molecule has 6 fully saturated rings. The fourth-order valence-corrected chi connectivity index (χ4v) is 12.5. The first-order chi connectivity index (χ1) is 20.7. The molecule has 2 N–H and O–H groups in total. The van der Waals surface area contributed by atoms with E-state index in [4.69, 9.17) is 4.74 Å². The van der Waals surface area contributed by atoms with Crippen molar-refractivity contribution in [2.45, 2.75) is 142 Å². The Bertz CT molecular complexity index is 947. The maximum absolute atomic E-state index is 12.8. The molecule has 2 heterocycles. The van der Waals surface area contributed by atoms with Gasteiger partial charge in [-0.15, -0.1) is 0 Å². The van der Waals surface area contributed by atoms with E-state index in [-0.39, 0.29) is 23.7 Å². The summed E-state index contributed by atoms with van der Waals surface area (Å²) < 4.78 is 5.81. The minimum absolute atomic E-state index is 0.102. The molecular weight excluding hydrogens is 536 g/mol. The van der Waals surface area contributed by atoms with Crippen LogP contribution < -0.4 is 0 Å². The minimum Gasteiger partial charge on any atom is -0.449 e. The summed E-state index contributed by atoms with van der Waals surface area (Å²) >= 11 is 0. The summed E-state index contributed by atoms with van der Waals surface area (Å²) in [6, 6.07) is 0.652. The van der Waals surface area contributed by atoms with Gasteiger partial charge < -0.3 is 24.7 Å². The van der Waals surface area contributed by atoms with Crippen molar-refractivity contribution in [2.24, 2.45) is 52.3 Å². The van der Waals surface area contributed by atoms with Crippen molar-refractivity contribution in [3.05, 3.63) is 0 Å². The number of aliphatic hydroxyl groups is 2. The van der Waals surface area contributed by atoms with Crippen LogP contribution in [-0.4, -0.2) is 77.1 Å². The highest BCUT2D eigenvalue weighted by Crippen LogP contribution is 2.69. The highest BCUT2D eigenvalue weighted by atomic mass is 16.6. The molecule has 43 heavy (non-hydrogen) atoms. The average Bonchev–Trinajstić information content (AvgIpc) is 3.38. The Balaban J connectivity index is 0.996. The smallest absolute Gasteiger partial charge is 0.409 e. The molecular formula is C37H64N2O4. The van der Waals surface area contributed by atoms with E-state index in [0.29, 0.717) is 59.5 Å². The SMILES string of the molecule is CC[C@H]1[C@@H](O)[C@@H]2[C@H](CC[C@]3(C)[C@@H]([C@H](C)CCCOC(=O)N4CCC(N5CCCCC5)CC4)CC[C@@H]23)C2(C)CC[C@@H](O)C[C@@H]12. The number of aliphatic hydroxyl groups excluding tert-OH is 2. The van der Waals surface area contributed by atoms with Crippen molar-refractivity contribution in [1.29, 1.82) is 0 Å². The highest BCUT2D eigenvalue weighted by molar-refractivity contribution is 5.67. The van der Waals surface area contributed by atoms with Gasteiger partial charge >= 0.3 is 6.09 Å². The van der Waals surface area contributed by atoms with Crippen LogP contribution in [0.15, 0.2) is 0 Å². The lowest BCUT2D eigenvalue weighted by Crippen LogP contribution is -2.62. The largest absolute Gasteiger partial charge is 0.449 e. The number of fused-ring (bicyclic) bond motifs is 5. The number of carbonyl (C=O) groups is 1. The van der Waals surface area contributed by atoms with Gasteiger partial charge in [-0.1, -0.05) is 40.5 Å². The number of rotatable bonds is 7. The van der Waals surface area contributed by atoms with E-state index in [1.165, 1.54) is 58.0 Å². The van der Waals surface area contributed by atoms with E-state index in [0.717, 1.165) is 64.5 Å². The topological polar surface area (TPSA) is 73.2 Å². The maximum atomic E-state index is 12.8. The second-order valence-corrected chi connectivity index (χ2v) is 16.7. The van der Waals surface area contributed by atoms with Gasteiger partial charge in [0, 0.05) is 19.1 Å². The van der Waals surface area contributed by atoms with Gasteiger partial charge in [-0.05, 0) is 149 Å². The number of nitrogens with zero attached hydrogens (tertiary/aromatic N) is 2. The lowest BCUT2D eigenvalue weighted by Gasteiger charge is -2.64. The van der Waals surface area contributed by atoms with Crippen LogP contribution in [0.5, 0.6) is 0 Å². The van der Waals surface area contributed by atoms with Crippen LogP contribution in [0, 0.1) is 52.3 Å². The summed E-state index contributed by atoms with van der Waals surface area (Å²) in [7, 11) is 0. The summed E-state index contributed by atoms with van der Waals surface area (Å²) in [5.41, 5.74) is 0.564. The molecule has 0 bridgehead atoms. The molecule has 6 rings (SSSR count). The molecule has 0 radical (unpaired) electrons. The number of likely N-dealkylation sites (tertiary alicyclic amines) is 2. The number of carbonyl (C=O) groups excluding carboxylic acids is 1. The molecule has 0 aromatic carbocycles. The summed E-state index contributed by atoms with van der Waals surface area (Å²) in [5, 5.41) is 22.5. The van der Waals surface area contributed by atoms with Crippen LogP contribution in [0.25, 0.3) is 0 Å². The van der Waals surface area contributed by atoms with Crippen molar-refractivity contribution < 1.29 is 19.7 Å². The fourth-order valence-electron chi connectivity index (χ4n) is 12.5. The van der Waals surface area contributed by atoms with Crippen LogP contribution in [0.4, 0.5) is 4.79 Å². The van der Waals surface area contributed by atoms with Gasteiger partial charge in [-0.2, -0.15) is 0 Å². The Morgan fingerprint density at radius 2 is 1.58 bits per heavy atom. The van der Waals surface area contributed by atoms with Gasteiger partial charge in [-0.25, -0.2) is 4.79 Å². The number of ether oxygens (including phenoxy) is 1. The van der Waals surface area contributed by atoms with E-state index in [2.05, 4.69) is 32.6 Å². The third kappa shape index (κ3) is 5.93. The third-order valence-electron chi connectivity index (χ3n) is 14.8. The molecule has 2 aliphatic heterocycles. The Labute approximate surface area is 262 Å². The molecule has 0 spiro atoms. The average molecular weight is 601 g/mol. The number of piperidine rings is 2. The molecule has 246 valence electrons. The third-order valence-corrected chi connectivity index (χ3v) is 14.8. The number of amides is 1. The number of hydrogen-bond acceptors (Lipinski definition) is 5. The van der Waals surface area contributed by atoms with E-state index in [1.54, 1.807) is 0 Å². The highest BCUT2D eigenvalue weighted by Gasteiger charge is 2.64. The first kappa shape index (κ1) is 32.1. The Morgan fingerprint density at radius 1 is 0.884 bits per heavy atom. The van der Waals surface area contributed by atoms with Crippen molar-refractivity contribution in [3.8, 4) is 0 Å². The summed E-state index contributed by atoms with van der Waals surface area (Å²) in [5.74, 6) is 3.71. The summed E-state index contributed by atoms with van der Waals surface area (Å²) in [4.78, 5) is 17.4. The monoisotopic (exact) mass is 600 g/mol. The van der Waals surface area contributed by atoms with Gasteiger partial charge in [0.05, 0.1) is 18.8 Å². The molecule has 2 saturated heterocycles. The lowest BCUT2D eigenvalue weighted by molar-refractivity contribution is -0.203. The fraction of sp³-hybridized carbons (Fsp3) is 0.973. The van der Waals surface area contributed by atoms with Crippen LogP contribution in [-0.2, 0) is 4.74 Å². The molecule has 4 saturated carbocycles. The molecule has 6 nitrogen and oxygen atoms in total. The molecule has 6 aliphatic rings. The van der Waals surface area contributed by atoms with Crippen molar-refractivity contribution in [2.75, 3.05) is 32.8 Å². The number of hydrogen-bond donors (Lipinski definition) is 2. The van der Waals surface area contributed by atoms with Gasteiger partial charge in [0.2, 0.25) is 0 Å². The van der Waals surface area contributed by atoms with Gasteiger partial charge in [-0.3, -0.25) is 0 Å². The first-order valence-electron chi connectivity index (χ1n) is 18.7. The summed E-state index contributed by atoms with van der Waals surface area (Å²) in [6.45, 7) is 14.5. The second-order valence-electron chi connectivity index (χ2n) is 16.7. The second kappa shape index (κ2) is 13.1. The quantitative estimate of drug-likeness (QED) is 0.305. The predicted octanol–water partition coefficient (Wildman–Crippen LogP) is 7.12. The Morgan fingerprint density at radius 3 is 2.30 bits per heavy atom. The first-order valence-corrected chi connectivity index (χ1v) is 18.7. The zero-order chi connectivity index (χ0) is 30.4. The molecule has 4 aliphatic carbocycles. The Kier molecular flexibility index (Phi) is 9.78. The van der Waals surface area contributed by atoms with E-state index >= 15 is 0 Å².